The number of halogens is 1. The molecule has 6 heteroatoms. The minimum Gasteiger partial charge on any atom is -0.394 e. The van der Waals surface area contributed by atoms with Gasteiger partial charge >= 0.3 is 0 Å². The molecule has 1 aliphatic carbocycles. The van der Waals surface area contributed by atoms with Crippen molar-refractivity contribution >= 4 is 11.4 Å². The maximum atomic E-state index is 13.2. The third kappa shape index (κ3) is 2.43. The number of nitrogens with one attached hydrogen (secondary N) is 1. The molecule has 0 unspecified atom stereocenters. The minimum absolute atomic E-state index is 0.110. The Balaban J connectivity index is 2.32. The molecule has 0 saturated heterocycles. The predicted octanol–water partition coefficient (Wildman–Crippen LogP) is 2.45. The molecule has 0 atom stereocenters. The zero-order valence-corrected chi connectivity index (χ0v) is 9.86. The van der Waals surface area contributed by atoms with Crippen molar-refractivity contribution in [2.75, 3.05) is 11.9 Å². The summed E-state index contributed by atoms with van der Waals surface area (Å²) in [5, 5.41) is 23.3. The predicted molar refractivity (Wildman–Crippen MR) is 65.0 cm³/mol. The molecule has 5 nitrogen and oxygen atoms in total. The Morgan fingerprint density at radius 1 is 1.44 bits per heavy atom. The first-order valence-corrected chi connectivity index (χ1v) is 5.89. The van der Waals surface area contributed by atoms with E-state index in [9.17, 15) is 19.6 Å². The van der Waals surface area contributed by atoms with E-state index in [-0.39, 0.29) is 18.0 Å². The first-order valence-electron chi connectivity index (χ1n) is 5.89. The monoisotopic (exact) mass is 254 g/mol. The molecule has 0 heterocycles. The van der Waals surface area contributed by atoms with Crippen LogP contribution in [0.3, 0.4) is 0 Å². The van der Waals surface area contributed by atoms with Gasteiger partial charge in [-0.25, -0.2) is 4.39 Å². The van der Waals surface area contributed by atoms with Crippen LogP contribution < -0.4 is 5.32 Å². The number of nitro groups is 1. The third-order valence-electron chi connectivity index (χ3n) is 3.42. The van der Waals surface area contributed by atoms with E-state index in [1.54, 1.807) is 0 Å². The highest BCUT2D eigenvalue weighted by Gasteiger charge is 2.34. The van der Waals surface area contributed by atoms with Crippen LogP contribution in [0.25, 0.3) is 0 Å². The normalized spacial score (nSPS) is 17.7. The summed E-state index contributed by atoms with van der Waals surface area (Å²) in [5.74, 6) is -0.533. The van der Waals surface area contributed by atoms with Gasteiger partial charge in [-0.15, -0.1) is 0 Å². The molecule has 0 bridgehead atoms. The average molecular weight is 254 g/mol. The Morgan fingerprint density at radius 2 is 2.11 bits per heavy atom. The lowest BCUT2D eigenvalue weighted by Crippen LogP contribution is -2.39. The van der Waals surface area contributed by atoms with Gasteiger partial charge in [0.15, 0.2) is 0 Å². The molecule has 0 spiro atoms. The maximum Gasteiger partial charge on any atom is 0.292 e. The van der Waals surface area contributed by atoms with Crippen molar-refractivity contribution in [3.63, 3.8) is 0 Å². The van der Waals surface area contributed by atoms with E-state index in [0.717, 1.165) is 43.9 Å². The van der Waals surface area contributed by atoms with Crippen LogP contribution in [0, 0.1) is 15.9 Å². The molecule has 18 heavy (non-hydrogen) atoms. The topological polar surface area (TPSA) is 75.4 Å². The molecule has 98 valence electrons. The summed E-state index contributed by atoms with van der Waals surface area (Å²) in [7, 11) is 0. The zero-order valence-electron chi connectivity index (χ0n) is 9.86. The van der Waals surface area contributed by atoms with E-state index < -0.39 is 16.3 Å². The number of hydrogen-bond donors (Lipinski definition) is 2. The number of benzene rings is 1. The van der Waals surface area contributed by atoms with Gasteiger partial charge in [0.25, 0.3) is 5.69 Å². The Kier molecular flexibility index (Phi) is 3.47. The lowest BCUT2D eigenvalue weighted by atomic mass is 9.98. The van der Waals surface area contributed by atoms with Gasteiger partial charge in [-0.2, -0.15) is 0 Å². The van der Waals surface area contributed by atoms with Crippen LogP contribution in [0.15, 0.2) is 18.2 Å². The van der Waals surface area contributed by atoms with Crippen LogP contribution in [0.1, 0.15) is 25.7 Å². The van der Waals surface area contributed by atoms with Gasteiger partial charge in [-0.3, -0.25) is 10.1 Å². The second kappa shape index (κ2) is 4.89. The summed E-state index contributed by atoms with van der Waals surface area (Å²) >= 11 is 0. The number of hydrogen-bond acceptors (Lipinski definition) is 4. The van der Waals surface area contributed by atoms with E-state index in [1.165, 1.54) is 0 Å². The Labute approximate surface area is 104 Å². The summed E-state index contributed by atoms with van der Waals surface area (Å²) in [5.41, 5.74) is -0.592. The smallest absolute Gasteiger partial charge is 0.292 e. The fraction of sp³-hybridized carbons (Fsp3) is 0.500. The van der Waals surface area contributed by atoms with Crippen molar-refractivity contribution in [1.82, 2.24) is 0 Å². The number of rotatable bonds is 4. The molecule has 2 N–H and O–H groups in total. The first-order chi connectivity index (χ1) is 8.56. The van der Waals surface area contributed by atoms with E-state index in [4.69, 9.17) is 0 Å². The first kappa shape index (κ1) is 12.8. The molecule has 0 aromatic heterocycles. The van der Waals surface area contributed by atoms with Crippen molar-refractivity contribution in [2.24, 2.45) is 0 Å². The summed E-state index contributed by atoms with van der Waals surface area (Å²) in [4.78, 5) is 10.3. The second-order valence-electron chi connectivity index (χ2n) is 4.69. The minimum atomic E-state index is -0.557. The zero-order chi connectivity index (χ0) is 13.2. The van der Waals surface area contributed by atoms with Gasteiger partial charge in [0, 0.05) is 12.1 Å². The number of nitrogens with zero attached hydrogens (tertiary/aromatic N) is 1. The van der Waals surface area contributed by atoms with Crippen molar-refractivity contribution in [3.8, 4) is 0 Å². The quantitative estimate of drug-likeness (QED) is 0.639. The second-order valence-corrected chi connectivity index (χ2v) is 4.69. The van der Waals surface area contributed by atoms with Gasteiger partial charge in [-0.1, -0.05) is 12.8 Å². The standard InChI is InChI=1S/C12H15FN2O3/c13-9-3-4-11(15(17)18)10(7-9)14-12(8-16)5-1-2-6-12/h3-4,7,14,16H,1-2,5-6,8H2. The number of aliphatic hydroxyl groups is 1. The SMILES string of the molecule is O=[N+]([O-])c1ccc(F)cc1NC1(CO)CCCC1. The van der Waals surface area contributed by atoms with E-state index in [1.807, 2.05) is 0 Å². The van der Waals surface area contributed by atoms with Crippen LogP contribution in [0.4, 0.5) is 15.8 Å². The van der Waals surface area contributed by atoms with Gasteiger partial charge in [0.05, 0.1) is 17.1 Å². The van der Waals surface area contributed by atoms with Crippen LogP contribution in [0.2, 0.25) is 0 Å². The van der Waals surface area contributed by atoms with Crippen molar-refractivity contribution in [3.05, 3.63) is 34.1 Å². The van der Waals surface area contributed by atoms with Crippen LogP contribution >= 0.6 is 0 Å². The van der Waals surface area contributed by atoms with Gasteiger partial charge in [0.1, 0.15) is 11.5 Å². The maximum absolute atomic E-state index is 13.2. The van der Waals surface area contributed by atoms with Crippen LogP contribution in [0.5, 0.6) is 0 Å². The van der Waals surface area contributed by atoms with Crippen LogP contribution in [-0.4, -0.2) is 22.2 Å². The lowest BCUT2D eigenvalue weighted by molar-refractivity contribution is -0.384. The van der Waals surface area contributed by atoms with Crippen molar-refractivity contribution in [2.45, 2.75) is 31.2 Å². The molecule has 1 aliphatic rings. The van der Waals surface area contributed by atoms with Gasteiger partial charge in [-0.05, 0) is 18.9 Å². The molecule has 0 aliphatic heterocycles. The molecule has 0 radical (unpaired) electrons. The number of anilines is 1. The molecule has 1 aromatic carbocycles. The molecule has 2 rings (SSSR count). The highest BCUT2D eigenvalue weighted by atomic mass is 19.1. The summed E-state index contributed by atoms with van der Waals surface area (Å²) in [6, 6.07) is 3.30. The molecule has 1 fully saturated rings. The highest BCUT2D eigenvalue weighted by molar-refractivity contribution is 5.62. The van der Waals surface area contributed by atoms with E-state index in [0.29, 0.717) is 0 Å². The molecule has 1 aromatic rings. The average Bonchev–Trinajstić information content (AvgIpc) is 2.78. The van der Waals surface area contributed by atoms with Crippen LogP contribution in [-0.2, 0) is 0 Å². The highest BCUT2D eigenvalue weighted by Crippen LogP contribution is 2.36. The van der Waals surface area contributed by atoms with Crippen molar-refractivity contribution < 1.29 is 14.4 Å². The fourth-order valence-corrected chi connectivity index (χ4v) is 2.43. The molecule has 1 saturated carbocycles. The number of aliphatic hydroxyl groups excluding tert-OH is 1. The van der Waals surface area contributed by atoms with Gasteiger partial charge in [0.2, 0.25) is 0 Å². The molecular weight excluding hydrogens is 239 g/mol. The van der Waals surface area contributed by atoms with E-state index >= 15 is 0 Å². The summed E-state index contributed by atoms with van der Waals surface area (Å²) in [6.45, 7) is -0.110. The summed E-state index contributed by atoms with van der Waals surface area (Å²) < 4.78 is 13.2. The summed E-state index contributed by atoms with van der Waals surface area (Å²) in [6.07, 6.45) is 3.38. The molecular formula is C12H15FN2O3. The molecule has 0 amide bonds. The Bertz CT molecular complexity index is 459. The largest absolute Gasteiger partial charge is 0.394 e. The third-order valence-corrected chi connectivity index (χ3v) is 3.42. The van der Waals surface area contributed by atoms with Crippen molar-refractivity contribution in [1.29, 1.82) is 0 Å². The fourth-order valence-electron chi connectivity index (χ4n) is 2.43. The lowest BCUT2D eigenvalue weighted by Gasteiger charge is -2.29. The Morgan fingerprint density at radius 3 is 2.67 bits per heavy atom. The Hall–Kier alpha value is -1.69. The number of nitro benzene ring substituents is 1. The van der Waals surface area contributed by atoms with Gasteiger partial charge < -0.3 is 10.4 Å². The van der Waals surface area contributed by atoms with E-state index in [2.05, 4.69) is 5.32 Å².